The number of carbonyl (C=O) groups is 1. The number of hydrogen-bond acceptors (Lipinski definition) is 3. The summed E-state index contributed by atoms with van der Waals surface area (Å²) in [5.74, 6) is -0.663. The zero-order valence-corrected chi connectivity index (χ0v) is 11.6. The molecule has 3 rings (SSSR count). The first-order chi connectivity index (χ1) is 10.1. The molecule has 3 N–H and O–H groups in total. The molecule has 1 heterocycles. The quantitative estimate of drug-likeness (QED) is 0.850. The molecular weight excluding hydrogens is 271 g/mol. The summed E-state index contributed by atoms with van der Waals surface area (Å²) in [7, 11) is 0. The molecule has 1 aliphatic carbocycles. The normalized spacial score (nSPS) is 13.8. The van der Waals surface area contributed by atoms with Crippen LogP contribution >= 0.6 is 0 Å². The summed E-state index contributed by atoms with van der Waals surface area (Å²) in [6.07, 6.45) is 5.96. The van der Waals surface area contributed by atoms with E-state index in [1.54, 1.807) is 6.33 Å². The molecule has 1 aliphatic rings. The van der Waals surface area contributed by atoms with Crippen LogP contribution in [0.15, 0.2) is 24.5 Å². The lowest BCUT2D eigenvalue weighted by molar-refractivity contribution is -0.116. The van der Waals surface area contributed by atoms with Gasteiger partial charge >= 0.3 is 0 Å². The Bertz CT molecular complexity index is 680. The van der Waals surface area contributed by atoms with E-state index in [-0.39, 0.29) is 18.1 Å². The van der Waals surface area contributed by atoms with Crippen molar-refractivity contribution in [2.45, 2.75) is 32.2 Å². The van der Waals surface area contributed by atoms with Gasteiger partial charge in [-0.05, 0) is 43.9 Å². The summed E-state index contributed by atoms with van der Waals surface area (Å²) in [6, 6.07) is 4.15. The van der Waals surface area contributed by atoms with E-state index in [1.165, 1.54) is 18.2 Å². The fraction of sp³-hybridized carbons (Fsp3) is 0.333. The minimum absolute atomic E-state index is 0.0211. The van der Waals surface area contributed by atoms with Gasteiger partial charge in [0.1, 0.15) is 12.4 Å². The summed E-state index contributed by atoms with van der Waals surface area (Å²) >= 11 is 0. The van der Waals surface area contributed by atoms with Crippen molar-refractivity contribution in [1.82, 2.24) is 9.55 Å². The van der Waals surface area contributed by atoms with Gasteiger partial charge in [-0.25, -0.2) is 9.37 Å². The molecular formula is C15H17FN4O. The Morgan fingerprint density at radius 3 is 3.00 bits per heavy atom. The Labute approximate surface area is 122 Å². The van der Waals surface area contributed by atoms with Crippen molar-refractivity contribution in [1.29, 1.82) is 0 Å². The first kappa shape index (κ1) is 13.6. The van der Waals surface area contributed by atoms with E-state index < -0.39 is 5.82 Å². The molecule has 0 aliphatic heterocycles. The zero-order chi connectivity index (χ0) is 14.8. The third-order valence-corrected chi connectivity index (χ3v) is 3.70. The fourth-order valence-electron chi connectivity index (χ4n) is 2.64. The molecule has 110 valence electrons. The van der Waals surface area contributed by atoms with E-state index in [4.69, 9.17) is 5.73 Å². The smallest absolute Gasteiger partial charge is 0.244 e. The predicted octanol–water partition coefficient (Wildman–Crippen LogP) is 2.12. The summed E-state index contributed by atoms with van der Waals surface area (Å²) in [5.41, 5.74) is 8.24. The van der Waals surface area contributed by atoms with Crippen LogP contribution in [0.25, 0.3) is 0 Å². The van der Waals surface area contributed by atoms with Crippen LogP contribution in [0.5, 0.6) is 0 Å². The standard InChI is InChI=1S/C15H17FN4O/c16-11-6-5-10(7-12(11)17)19-15(21)8-20-9-18-13-3-1-2-4-14(13)20/h5-7,9H,1-4,8,17H2,(H,19,21). The Morgan fingerprint density at radius 2 is 2.19 bits per heavy atom. The highest BCUT2D eigenvalue weighted by molar-refractivity contribution is 5.91. The number of imidazole rings is 1. The molecule has 21 heavy (non-hydrogen) atoms. The molecule has 0 saturated heterocycles. The topological polar surface area (TPSA) is 72.9 Å². The number of carbonyl (C=O) groups excluding carboxylic acids is 1. The van der Waals surface area contributed by atoms with Crippen LogP contribution in [0, 0.1) is 5.82 Å². The van der Waals surface area contributed by atoms with Crippen molar-refractivity contribution in [2.24, 2.45) is 0 Å². The van der Waals surface area contributed by atoms with Gasteiger partial charge in [-0.3, -0.25) is 4.79 Å². The molecule has 0 atom stereocenters. The first-order valence-electron chi connectivity index (χ1n) is 7.01. The number of aromatic nitrogens is 2. The molecule has 0 saturated carbocycles. The van der Waals surface area contributed by atoms with Crippen LogP contribution in [0.1, 0.15) is 24.2 Å². The SMILES string of the molecule is Nc1cc(NC(=O)Cn2cnc3c2CCCC3)ccc1F. The number of aryl methyl sites for hydroxylation is 1. The first-order valence-corrected chi connectivity index (χ1v) is 7.01. The van der Waals surface area contributed by atoms with Crippen LogP contribution in [-0.4, -0.2) is 15.5 Å². The number of anilines is 2. The van der Waals surface area contributed by atoms with Gasteiger partial charge in [0.05, 0.1) is 17.7 Å². The Morgan fingerprint density at radius 1 is 1.38 bits per heavy atom. The molecule has 0 spiro atoms. The summed E-state index contributed by atoms with van der Waals surface area (Å²) in [4.78, 5) is 16.4. The number of nitrogen functional groups attached to an aromatic ring is 1. The van der Waals surface area contributed by atoms with Gasteiger partial charge in [0, 0.05) is 11.4 Å². The predicted molar refractivity (Wildman–Crippen MR) is 78.3 cm³/mol. The maximum Gasteiger partial charge on any atom is 0.244 e. The molecule has 0 fully saturated rings. The number of halogens is 1. The summed E-state index contributed by atoms with van der Waals surface area (Å²) in [5, 5.41) is 2.72. The maximum absolute atomic E-state index is 13.1. The second kappa shape index (κ2) is 5.55. The van der Waals surface area contributed by atoms with Gasteiger partial charge in [0.2, 0.25) is 5.91 Å². The number of hydrogen-bond donors (Lipinski definition) is 2. The Balaban J connectivity index is 1.69. The number of fused-ring (bicyclic) bond motifs is 1. The van der Waals surface area contributed by atoms with E-state index >= 15 is 0 Å². The van der Waals surface area contributed by atoms with E-state index in [2.05, 4.69) is 10.3 Å². The van der Waals surface area contributed by atoms with Gasteiger partial charge < -0.3 is 15.6 Å². The second-order valence-electron chi connectivity index (χ2n) is 5.26. The molecule has 2 aromatic rings. The molecule has 0 radical (unpaired) electrons. The third-order valence-electron chi connectivity index (χ3n) is 3.70. The molecule has 1 amide bonds. The number of benzene rings is 1. The highest BCUT2D eigenvalue weighted by atomic mass is 19.1. The van der Waals surface area contributed by atoms with E-state index in [9.17, 15) is 9.18 Å². The number of nitrogens with two attached hydrogens (primary N) is 1. The van der Waals surface area contributed by atoms with Gasteiger partial charge in [-0.1, -0.05) is 0 Å². The van der Waals surface area contributed by atoms with E-state index in [0.717, 1.165) is 37.1 Å². The molecule has 1 aromatic carbocycles. The number of amides is 1. The van der Waals surface area contributed by atoms with Gasteiger partial charge in [-0.2, -0.15) is 0 Å². The lowest BCUT2D eigenvalue weighted by Crippen LogP contribution is -2.20. The second-order valence-corrected chi connectivity index (χ2v) is 5.26. The van der Waals surface area contributed by atoms with Crippen LogP contribution in [0.2, 0.25) is 0 Å². The molecule has 1 aromatic heterocycles. The lowest BCUT2D eigenvalue weighted by atomic mass is 10.0. The summed E-state index contributed by atoms with van der Waals surface area (Å²) < 4.78 is 15.0. The van der Waals surface area contributed by atoms with Crippen LogP contribution in [-0.2, 0) is 24.2 Å². The van der Waals surface area contributed by atoms with Crippen LogP contribution < -0.4 is 11.1 Å². The van der Waals surface area contributed by atoms with E-state index in [0.29, 0.717) is 5.69 Å². The average Bonchev–Trinajstić information content (AvgIpc) is 2.86. The molecule has 0 bridgehead atoms. The van der Waals surface area contributed by atoms with Crippen molar-refractivity contribution in [2.75, 3.05) is 11.1 Å². The van der Waals surface area contributed by atoms with Gasteiger partial charge in [0.25, 0.3) is 0 Å². The minimum atomic E-state index is -0.489. The average molecular weight is 288 g/mol. The monoisotopic (exact) mass is 288 g/mol. The minimum Gasteiger partial charge on any atom is -0.396 e. The number of nitrogens with one attached hydrogen (secondary N) is 1. The van der Waals surface area contributed by atoms with Crippen molar-refractivity contribution in [3.8, 4) is 0 Å². The molecule has 6 heteroatoms. The van der Waals surface area contributed by atoms with Crippen molar-refractivity contribution in [3.63, 3.8) is 0 Å². The van der Waals surface area contributed by atoms with Gasteiger partial charge in [0.15, 0.2) is 0 Å². The fourth-order valence-corrected chi connectivity index (χ4v) is 2.64. The summed E-state index contributed by atoms with van der Waals surface area (Å²) in [6.45, 7) is 0.208. The van der Waals surface area contributed by atoms with Crippen LogP contribution in [0.4, 0.5) is 15.8 Å². The van der Waals surface area contributed by atoms with Crippen molar-refractivity contribution in [3.05, 3.63) is 41.7 Å². The van der Waals surface area contributed by atoms with Gasteiger partial charge in [-0.15, -0.1) is 0 Å². The Hall–Kier alpha value is -2.37. The Kier molecular flexibility index (Phi) is 3.60. The van der Waals surface area contributed by atoms with E-state index in [1.807, 2.05) is 4.57 Å². The highest BCUT2D eigenvalue weighted by Crippen LogP contribution is 2.20. The number of rotatable bonds is 3. The zero-order valence-electron chi connectivity index (χ0n) is 11.6. The third kappa shape index (κ3) is 2.89. The molecule has 0 unspecified atom stereocenters. The van der Waals surface area contributed by atoms with Crippen LogP contribution in [0.3, 0.4) is 0 Å². The number of nitrogens with zero attached hydrogens (tertiary/aromatic N) is 2. The van der Waals surface area contributed by atoms with Crippen molar-refractivity contribution < 1.29 is 9.18 Å². The maximum atomic E-state index is 13.1. The lowest BCUT2D eigenvalue weighted by Gasteiger charge is -2.14. The molecule has 5 nitrogen and oxygen atoms in total. The van der Waals surface area contributed by atoms with Crippen molar-refractivity contribution >= 4 is 17.3 Å². The largest absolute Gasteiger partial charge is 0.396 e. The highest BCUT2D eigenvalue weighted by Gasteiger charge is 2.16.